The molecule has 0 heterocycles. The summed E-state index contributed by atoms with van der Waals surface area (Å²) < 4.78 is 12.2. The first-order chi connectivity index (χ1) is 5.70. The van der Waals surface area contributed by atoms with Crippen LogP contribution in [0.25, 0.3) is 0 Å². The molecule has 0 unspecified atom stereocenters. The summed E-state index contributed by atoms with van der Waals surface area (Å²) >= 11 is 0. The van der Waals surface area contributed by atoms with Gasteiger partial charge in [-0.25, -0.2) is 4.39 Å². The number of halogens is 1. The van der Waals surface area contributed by atoms with E-state index in [0.29, 0.717) is 5.56 Å². The summed E-state index contributed by atoms with van der Waals surface area (Å²) in [5, 5.41) is 0. The van der Waals surface area contributed by atoms with Crippen LogP contribution >= 0.6 is 0 Å². The summed E-state index contributed by atoms with van der Waals surface area (Å²) in [4.78, 5) is 10.6. The van der Waals surface area contributed by atoms with Gasteiger partial charge in [-0.15, -0.1) is 0 Å². The smallest absolute Gasteiger partial charge is 0.159 e. The molecule has 0 saturated heterocycles. The Kier molecular flexibility index (Phi) is 4.93. The standard InChI is InChI=1S/C8H7FO.C2H6/c1-6(10)7-2-4-8(9)5-3-7;1-2/h2-5H,1H3;1-2H3. The fourth-order valence-corrected chi connectivity index (χ4v) is 0.685. The van der Waals surface area contributed by atoms with E-state index in [1.807, 2.05) is 13.8 Å². The lowest BCUT2D eigenvalue weighted by molar-refractivity contribution is 0.101. The van der Waals surface area contributed by atoms with Crippen LogP contribution in [0.15, 0.2) is 24.3 Å². The van der Waals surface area contributed by atoms with Crippen LogP contribution < -0.4 is 0 Å². The van der Waals surface area contributed by atoms with Crippen molar-refractivity contribution < 1.29 is 9.18 Å². The number of rotatable bonds is 1. The molecule has 1 aromatic carbocycles. The van der Waals surface area contributed by atoms with Crippen LogP contribution in [0.5, 0.6) is 0 Å². The molecule has 0 aliphatic heterocycles. The van der Waals surface area contributed by atoms with Crippen LogP contribution in [0.2, 0.25) is 0 Å². The number of hydrogen-bond donors (Lipinski definition) is 0. The Morgan fingerprint density at radius 3 is 1.92 bits per heavy atom. The van der Waals surface area contributed by atoms with Crippen molar-refractivity contribution in [2.24, 2.45) is 0 Å². The van der Waals surface area contributed by atoms with Crippen molar-refractivity contribution in [3.8, 4) is 0 Å². The Labute approximate surface area is 72.2 Å². The van der Waals surface area contributed by atoms with Crippen molar-refractivity contribution in [3.05, 3.63) is 35.6 Å². The number of ketones is 1. The molecule has 1 aromatic rings. The molecule has 0 spiro atoms. The average Bonchev–Trinajstić information content (AvgIpc) is 2.09. The van der Waals surface area contributed by atoms with Crippen LogP contribution in [-0.4, -0.2) is 5.78 Å². The van der Waals surface area contributed by atoms with Crippen molar-refractivity contribution in [3.63, 3.8) is 0 Å². The maximum atomic E-state index is 12.2. The quantitative estimate of drug-likeness (QED) is 0.589. The molecule has 0 atom stereocenters. The lowest BCUT2D eigenvalue weighted by Crippen LogP contribution is -1.90. The second kappa shape index (κ2) is 5.47. The molecule has 12 heavy (non-hydrogen) atoms. The lowest BCUT2D eigenvalue weighted by Gasteiger charge is -1.91. The van der Waals surface area contributed by atoms with E-state index < -0.39 is 0 Å². The molecule has 0 saturated carbocycles. The summed E-state index contributed by atoms with van der Waals surface area (Å²) in [6.45, 7) is 5.45. The zero-order chi connectivity index (χ0) is 9.56. The largest absolute Gasteiger partial charge is 0.295 e. The van der Waals surface area contributed by atoms with E-state index in [4.69, 9.17) is 0 Å². The van der Waals surface area contributed by atoms with E-state index in [1.165, 1.54) is 31.2 Å². The van der Waals surface area contributed by atoms with Crippen molar-refractivity contribution in [1.29, 1.82) is 0 Å². The minimum absolute atomic E-state index is 0.0417. The third-order valence-electron chi connectivity index (χ3n) is 1.25. The Balaban J connectivity index is 0.000000561. The van der Waals surface area contributed by atoms with Gasteiger partial charge < -0.3 is 0 Å². The summed E-state index contributed by atoms with van der Waals surface area (Å²) in [6.07, 6.45) is 0. The van der Waals surface area contributed by atoms with E-state index >= 15 is 0 Å². The van der Waals surface area contributed by atoms with Crippen LogP contribution in [-0.2, 0) is 0 Å². The van der Waals surface area contributed by atoms with Gasteiger partial charge in [-0.1, -0.05) is 13.8 Å². The molecule has 0 aliphatic rings. The number of carbonyl (C=O) groups excluding carboxylic acids is 1. The molecule has 0 amide bonds. The van der Waals surface area contributed by atoms with Gasteiger partial charge >= 0.3 is 0 Å². The van der Waals surface area contributed by atoms with Crippen molar-refractivity contribution in [2.45, 2.75) is 20.8 Å². The second-order valence-corrected chi connectivity index (χ2v) is 2.06. The average molecular weight is 168 g/mol. The molecular formula is C10H13FO. The fourth-order valence-electron chi connectivity index (χ4n) is 0.685. The number of carbonyl (C=O) groups is 1. The summed E-state index contributed by atoms with van der Waals surface area (Å²) in [7, 11) is 0. The monoisotopic (exact) mass is 168 g/mol. The van der Waals surface area contributed by atoms with Gasteiger partial charge in [0.2, 0.25) is 0 Å². The molecule has 2 heteroatoms. The number of benzene rings is 1. The van der Waals surface area contributed by atoms with Crippen LogP contribution in [0.1, 0.15) is 31.1 Å². The molecule has 0 radical (unpaired) electrons. The van der Waals surface area contributed by atoms with Crippen molar-refractivity contribution in [2.75, 3.05) is 0 Å². The molecule has 1 nitrogen and oxygen atoms in total. The van der Waals surface area contributed by atoms with E-state index in [0.717, 1.165) is 0 Å². The highest BCUT2D eigenvalue weighted by molar-refractivity contribution is 5.93. The number of Topliss-reactive ketones (excluding diaryl/α,β-unsaturated/α-hetero) is 1. The molecular weight excluding hydrogens is 155 g/mol. The fraction of sp³-hybridized carbons (Fsp3) is 0.300. The van der Waals surface area contributed by atoms with Crippen molar-refractivity contribution >= 4 is 5.78 Å². The molecule has 66 valence electrons. The maximum absolute atomic E-state index is 12.2. The summed E-state index contributed by atoms with van der Waals surface area (Å²) in [5.41, 5.74) is 0.543. The third-order valence-corrected chi connectivity index (χ3v) is 1.25. The first-order valence-electron chi connectivity index (χ1n) is 3.96. The van der Waals surface area contributed by atoms with E-state index in [9.17, 15) is 9.18 Å². The number of hydrogen-bond acceptors (Lipinski definition) is 1. The van der Waals surface area contributed by atoms with Crippen molar-refractivity contribution in [1.82, 2.24) is 0 Å². The first-order valence-corrected chi connectivity index (χ1v) is 3.96. The molecule has 1 rings (SSSR count). The molecule has 0 bridgehead atoms. The Morgan fingerprint density at radius 1 is 1.17 bits per heavy atom. The highest BCUT2D eigenvalue weighted by Gasteiger charge is 1.96. The minimum atomic E-state index is -0.315. The Morgan fingerprint density at radius 2 is 1.58 bits per heavy atom. The second-order valence-electron chi connectivity index (χ2n) is 2.06. The van der Waals surface area contributed by atoms with E-state index in [1.54, 1.807) is 0 Å². The van der Waals surface area contributed by atoms with Gasteiger partial charge in [0, 0.05) is 5.56 Å². The van der Waals surface area contributed by atoms with Gasteiger partial charge in [-0.05, 0) is 31.2 Å². The van der Waals surface area contributed by atoms with Gasteiger partial charge in [0.1, 0.15) is 5.82 Å². The van der Waals surface area contributed by atoms with Gasteiger partial charge in [0.05, 0.1) is 0 Å². The van der Waals surface area contributed by atoms with Gasteiger partial charge in [-0.2, -0.15) is 0 Å². The summed E-state index contributed by atoms with van der Waals surface area (Å²) in [5.74, 6) is -0.356. The lowest BCUT2D eigenvalue weighted by atomic mass is 10.1. The summed E-state index contributed by atoms with van der Waals surface area (Å²) in [6, 6.07) is 5.49. The van der Waals surface area contributed by atoms with Crippen LogP contribution in [0, 0.1) is 5.82 Å². The first kappa shape index (κ1) is 10.8. The molecule has 0 fully saturated rings. The van der Waals surface area contributed by atoms with Crippen LogP contribution in [0.3, 0.4) is 0 Å². The Hall–Kier alpha value is -1.18. The maximum Gasteiger partial charge on any atom is 0.159 e. The van der Waals surface area contributed by atoms with E-state index in [-0.39, 0.29) is 11.6 Å². The molecule has 0 aliphatic carbocycles. The zero-order valence-corrected chi connectivity index (χ0v) is 7.60. The predicted molar refractivity (Wildman–Crippen MR) is 47.8 cm³/mol. The SMILES string of the molecule is CC.CC(=O)c1ccc(F)cc1. The Bertz CT molecular complexity index is 239. The predicted octanol–water partition coefficient (Wildman–Crippen LogP) is 3.05. The minimum Gasteiger partial charge on any atom is -0.295 e. The van der Waals surface area contributed by atoms with Gasteiger partial charge in [-0.3, -0.25) is 4.79 Å². The molecule has 0 aromatic heterocycles. The zero-order valence-electron chi connectivity index (χ0n) is 7.60. The normalized spacial score (nSPS) is 8.33. The highest BCUT2D eigenvalue weighted by Crippen LogP contribution is 2.02. The van der Waals surface area contributed by atoms with E-state index in [2.05, 4.69) is 0 Å². The molecule has 0 N–H and O–H groups in total. The van der Waals surface area contributed by atoms with Crippen LogP contribution in [0.4, 0.5) is 4.39 Å². The van der Waals surface area contributed by atoms with Gasteiger partial charge in [0.15, 0.2) is 5.78 Å². The topological polar surface area (TPSA) is 17.1 Å². The third kappa shape index (κ3) is 3.28. The van der Waals surface area contributed by atoms with Gasteiger partial charge in [0.25, 0.3) is 0 Å². The highest BCUT2D eigenvalue weighted by atomic mass is 19.1.